The van der Waals surface area contributed by atoms with Gasteiger partial charge in [-0.05, 0) is 12.3 Å². The monoisotopic (exact) mass is 458 g/mol. The van der Waals surface area contributed by atoms with E-state index >= 15 is 0 Å². The molecular formula is C22H39ClN4O2S. The van der Waals surface area contributed by atoms with E-state index < -0.39 is 0 Å². The summed E-state index contributed by atoms with van der Waals surface area (Å²) in [4.78, 5) is 13.5. The van der Waals surface area contributed by atoms with Gasteiger partial charge >= 0.3 is 0 Å². The van der Waals surface area contributed by atoms with Gasteiger partial charge in [0.25, 0.3) is 0 Å². The van der Waals surface area contributed by atoms with E-state index in [-0.39, 0.29) is 6.04 Å². The number of aliphatic hydroxyl groups excluding tert-OH is 1. The number of halogens is 1. The van der Waals surface area contributed by atoms with Crippen LogP contribution in [-0.4, -0.2) is 77.8 Å². The summed E-state index contributed by atoms with van der Waals surface area (Å²) >= 11 is 7.87. The van der Waals surface area contributed by atoms with Gasteiger partial charge in [0.2, 0.25) is 0 Å². The highest BCUT2D eigenvalue weighted by atomic mass is 35.5. The van der Waals surface area contributed by atoms with Crippen molar-refractivity contribution < 1.29 is 9.84 Å². The minimum absolute atomic E-state index is 0.0140. The molecule has 0 aliphatic carbocycles. The fraction of sp³-hybridized carbons (Fsp3) is 0.636. The van der Waals surface area contributed by atoms with E-state index in [1.54, 1.807) is 18.0 Å². The molecule has 1 saturated heterocycles. The van der Waals surface area contributed by atoms with Gasteiger partial charge in [-0.1, -0.05) is 70.1 Å². The van der Waals surface area contributed by atoms with Crippen LogP contribution in [0.1, 0.15) is 45.7 Å². The number of aliphatic hydroxyl groups is 1. The maximum Gasteiger partial charge on any atom is 0.163 e. The van der Waals surface area contributed by atoms with Crippen molar-refractivity contribution in [2.45, 2.75) is 40.2 Å². The maximum atomic E-state index is 7.00. The topological polar surface area (TPSA) is 61.2 Å². The Hall–Kier alpha value is -1.12. The lowest BCUT2D eigenvalue weighted by Crippen LogP contribution is -2.40. The van der Waals surface area contributed by atoms with E-state index in [2.05, 4.69) is 35.2 Å². The second-order valence-electron chi connectivity index (χ2n) is 6.29. The van der Waals surface area contributed by atoms with Gasteiger partial charge in [0.1, 0.15) is 5.15 Å². The second kappa shape index (κ2) is 17.5. The van der Waals surface area contributed by atoms with Crippen LogP contribution in [-0.2, 0) is 4.74 Å². The number of morpholine rings is 1. The molecule has 3 rings (SSSR count). The van der Waals surface area contributed by atoms with Crippen molar-refractivity contribution >= 4 is 28.5 Å². The molecular weight excluding hydrogens is 420 g/mol. The standard InChI is InChI=1S/C16H21ClN4OS.C3H8.C2H6.CH4O/c1-12(10-20-6-8-22-9-7-20)21-11-14(19-16(21)23-2)13-4-3-5-18-15(13)17;1-3-2;2*1-2/h3-5,14H,1,6-11H2,2H3;3H2,1-2H3;1-2H3;2H,1H3. The Balaban J connectivity index is 0.00000108. The molecule has 2 aliphatic rings. The van der Waals surface area contributed by atoms with E-state index in [1.807, 2.05) is 32.2 Å². The molecule has 3 heterocycles. The maximum absolute atomic E-state index is 7.00. The zero-order valence-corrected chi connectivity index (χ0v) is 21.0. The van der Waals surface area contributed by atoms with Gasteiger partial charge in [-0.2, -0.15) is 0 Å². The van der Waals surface area contributed by atoms with Gasteiger partial charge in [0, 0.05) is 44.2 Å². The fourth-order valence-electron chi connectivity index (χ4n) is 2.84. The number of hydrogen-bond acceptors (Lipinski definition) is 7. The molecule has 8 heteroatoms. The van der Waals surface area contributed by atoms with Gasteiger partial charge in [-0.3, -0.25) is 9.89 Å². The van der Waals surface area contributed by atoms with Crippen LogP contribution >= 0.6 is 23.4 Å². The first-order chi connectivity index (χ1) is 14.6. The van der Waals surface area contributed by atoms with Gasteiger partial charge < -0.3 is 14.7 Å². The van der Waals surface area contributed by atoms with E-state index in [4.69, 9.17) is 26.4 Å². The molecule has 1 N–H and O–H groups in total. The molecule has 0 bridgehead atoms. The lowest BCUT2D eigenvalue weighted by molar-refractivity contribution is 0.0405. The number of hydrogen-bond donors (Lipinski definition) is 1. The van der Waals surface area contributed by atoms with Crippen LogP contribution in [0.25, 0.3) is 0 Å². The summed E-state index contributed by atoms with van der Waals surface area (Å²) in [6.07, 6.45) is 5.00. The van der Waals surface area contributed by atoms with Crippen LogP contribution < -0.4 is 0 Å². The van der Waals surface area contributed by atoms with Gasteiger partial charge in [-0.15, -0.1) is 0 Å². The minimum Gasteiger partial charge on any atom is -0.400 e. The van der Waals surface area contributed by atoms with Crippen LogP contribution in [0.15, 0.2) is 35.6 Å². The molecule has 30 heavy (non-hydrogen) atoms. The molecule has 0 saturated carbocycles. The van der Waals surface area contributed by atoms with Crippen molar-refractivity contribution in [3.05, 3.63) is 41.3 Å². The van der Waals surface area contributed by atoms with Crippen molar-refractivity contribution in [2.75, 3.05) is 52.8 Å². The number of pyridine rings is 1. The first kappa shape index (κ1) is 28.9. The number of ether oxygens (including phenoxy) is 1. The predicted octanol–water partition coefficient (Wildman–Crippen LogP) is 4.71. The summed E-state index contributed by atoms with van der Waals surface area (Å²) in [7, 11) is 1.00. The number of nitrogens with zero attached hydrogens (tertiary/aromatic N) is 4. The van der Waals surface area contributed by atoms with Crippen LogP contribution in [0.2, 0.25) is 5.15 Å². The molecule has 172 valence electrons. The molecule has 0 amide bonds. The predicted molar refractivity (Wildman–Crippen MR) is 131 cm³/mol. The highest BCUT2D eigenvalue weighted by molar-refractivity contribution is 8.13. The largest absolute Gasteiger partial charge is 0.400 e. The Morgan fingerprint density at radius 1 is 1.30 bits per heavy atom. The number of aromatic nitrogens is 1. The summed E-state index contributed by atoms with van der Waals surface area (Å²) in [6, 6.07) is 3.91. The third-order valence-electron chi connectivity index (χ3n) is 4.07. The quantitative estimate of drug-likeness (QED) is 0.659. The summed E-state index contributed by atoms with van der Waals surface area (Å²) < 4.78 is 5.40. The molecule has 0 spiro atoms. The Kier molecular flexibility index (Phi) is 16.9. The summed E-state index contributed by atoms with van der Waals surface area (Å²) in [5.74, 6) is 0. The van der Waals surface area contributed by atoms with Crippen molar-refractivity contribution in [2.24, 2.45) is 4.99 Å². The molecule has 1 atom stereocenters. The third kappa shape index (κ3) is 9.35. The Morgan fingerprint density at radius 3 is 2.43 bits per heavy atom. The van der Waals surface area contributed by atoms with Crippen LogP contribution in [0.4, 0.5) is 0 Å². The van der Waals surface area contributed by atoms with Crippen LogP contribution in [0.3, 0.4) is 0 Å². The van der Waals surface area contributed by atoms with Gasteiger partial charge in [-0.25, -0.2) is 4.98 Å². The summed E-state index contributed by atoms with van der Waals surface area (Å²) in [6.45, 7) is 17.6. The second-order valence-corrected chi connectivity index (χ2v) is 7.42. The molecule has 6 nitrogen and oxygen atoms in total. The summed E-state index contributed by atoms with van der Waals surface area (Å²) in [5.41, 5.74) is 2.05. The average molecular weight is 459 g/mol. The van der Waals surface area contributed by atoms with Crippen molar-refractivity contribution in [3.8, 4) is 0 Å². The van der Waals surface area contributed by atoms with E-state index in [0.29, 0.717) is 5.15 Å². The highest BCUT2D eigenvalue weighted by Gasteiger charge is 2.29. The number of rotatable bonds is 4. The fourth-order valence-corrected chi connectivity index (χ4v) is 3.74. The molecule has 1 fully saturated rings. The molecule has 1 aromatic rings. The number of amidine groups is 1. The van der Waals surface area contributed by atoms with Gasteiger partial charge in [0.05, 0.1) is 25.8 Å². The number of aliphatic imine (C=N–C) groups is 1. The first-order valence-electron chi connectivity index (χ1n) is 10.5. The highest BCUT2D eigenvalue weighted by Crippen LogP contribution is 2.33. The molecule has 1 unspecified atom stereocenters. The lowest BCUT2D eigenvalue weighted by Gasteiger charge is -2.31. The van der Waals surface area contributed by atoms with Crippen molar-refractivity contribution in [1.29, 1.82) is 0 Å². The van der Waals surface area contributed by atoms with E-state index in [1.165, 1.54) is 6.42 Å². The molecule has 1 aromatic heterocycles. The van der Waals surface area contributed by atoms with E-state index in [9.17, 15) is 0 Å². The first-order valence-corrected chi connectivity index (χ1v) is 12.1. The SMILES string of the molecule is C=C(CN1CCOCC1)N1CC(c2cccnc2Cl)N=C1SC.CC.CCC.CO. The Bertz CT molecular complexity index is 625. The number of thioether (sulfide) groups is 1. The minimum atomic E-state index is 0.0140. The zero-order chi connectivity index (χ0) is 22.9. The molecule has 0 aromatic carbocycles. The van der Waals surface area contributed by atoms with E-state index in [0.717, 1.165) is 62.9 Å². The third-order valence-corrected chi connectivity index (χ3v) is 5.08. The smallest absolute Gasteiger partial charge is 0.163 e. The lowest BCUT2D eigenvalue weighted by atomic mass is 10.1. The zero-order valence-electron chi connectivity index (χ0n) is 19.4. The molecule has 2 aliphatic heterocycles. The Labute approximate surface area is 192 Å². The van der Waals surface area contributed by atoms with Gasteiger partial charge in [0.15, 0.2) is 5.17 Å². The van der Waals surface area contributed by atoms with Crippen molar-refractivity contribution in [1.82, 2.24) is 14.8 Å². The van der Waals surface area contributed by atoms with Crippen molar-refractivity contribution in [3.63, 3.8) is 0 Å². The molecule has 0 radical (unpaired) electrons. The van der Waals surface area contributed by atoms with Crippen LogP contribution in [0, 0.1) is 0 Å². The average Bonchev–Trinajstić information content (AvgIpc) is 3.23. The summed E-state index contributed by atoms with van der Waals surface area (Å²) in [5, 5.41) is 8.52. The Morgan fingerprint density at radius 2 is 1.90 bits per heavy atom. The van der Waals surface area contributed by atoms with Crippen LogP contribution in [0.5, 0.6) is 0 Å². The normalized spacial score (nSPS) is 18.1.